The van der Waals surface area contributed by atoms with Crippen LogP contribution in [0.1, 0.15) is 23.6 Å². The molecule has 0 aliphatic rings. The van der Waals surface area contributed by atoms with Crippen LogP contribution in [0.4, 0.5) is 4.39 Å². The van der Waals surface area contributed by atoms with Gasteiger partial charge in [0, 0.05) is 19.8 Å². The van der Waals surface area contributed by atoms with Crippen LogP contribution < -0.4 is 10.6 Å². The van der Waals surface area contributed by atoms with Gasteiger partial charge in [0.1, 0.15) is 17.9 Å². The Morgan fingerprint density at radius 3 is 2.14 bits per heavy atom. The Morgan fingerprint density at radius 2 is 1.57 bits per heavy atom. The molecule has 7 heteroatoms. The molecule has 0 fully saturated rings. The van der Waals surface area contributed by atoms with E-state index in [0.717, 1.165) is 11.1 Å². The molecule has 0 spiro atoms. The lowest BCUT2D eigenvalue weighted by molar-refractivity contribution is -0.142. The molecule has 2 rings (SSSR count). The fraction of sp³-hybridized carbons (Fsp3) is 0.286. The van der Waals surface area contributed by atoms with E-state index in [1.165, 1.54) is 25.1 Å². The van der Waals surface area contributed by atoms with E-state index in [-0.39, 0.29) is 12.8 Å². The molecule has 0 aromatic heterocycles. The molecule has 0 unspecified atom stereocenters. The van der Waals surface area contributed by atoms with Crippen LogP contribution in [-0.2, 0) is 27.2 Å². The largest absolute Gasteiger partial charge is 0.480 e. The van der Waals surface area contributed by atoms with Crippen molar-refractivity contribution in [1.82, 2.24) is 10.6 Å². The molecular formula is C21H23FN2O4. The second kappa shape index (κ2) is 9.64. The SMILES string of the molecule is CC(=O)N[C@@H](Cc1cccc(F)c1)C(=O)N[C@@H](Cc1cccc(C)c1)C(=O)O. The van der Waals surface area contributed by atoms with E-state index in [2.05, 4.69) is 10.6 Å². The van der Waals surface area contributed by atoms with Crippen LogP contribution in [0, 0.1) is 12.7 Å². The first-order valence-corrected chi connectivity index (χ1v) is 8.85. The maximum Gasteiger partial charge on any atom is 0.326 e. The third kappa shape index (κ3) is 6.50. The van der Waals surface area contributed by atoms with Gasteiger partial charge in [-0.05, 0) is 30.2 Å². The lowest BCUT2D eigenvalue weighted by Gasteiger charge is -2.21. The molecule has 6 nitrogen and oxygen atoms in total. The summed E-state index contributed by atoms with van der Waals surface area (Å²) in [5.74, 6) is -2.72. The fourth-order valence-electron chi connectivity index (χ4n) is 2.90. The minimum atomic E-state index is -1.18. The predicted octanol–water partition coefficient (Wildman–Crippen LogP) is 1.99. The number of rotatable bonds is 8. The number of halogens is 1. The van der Waals surface area contributed by atoms with Gasteiger partial charge in [-0.1, -0.05) is 42.0 Å². The molecule has 2 atom stereocenters. The molecule has 0 saturated heterocycles. The van der Waals surface area contributed by atoms with Crippen molar-refractivity contribution >= 4 is 17.8 Å². The van der Waals surface area contributed by atoms with Crippen LogP contribution in [0.15, 0.2) is 48.5 Å². The zero-order valence-electron chi connectivity index (χ0n) is 15.7. The molecule has 148 valence electrons. The summed E-state index contributed by atoms with van der Waals surface area (Å²) in [6.07, 6.45) is 0.148. The number of aryl methyl sites for hydroxylation is 1. The van der Waals surface area contributed by atoms with Crippen molar-refractivity contribution < 1.29 is 23.9 Å². The van der Waals surface area contributed by atoms with Crippen molar-refractivity contribution in [3.05, 3.63) is 71.0 Å². The number of hydrogen-bond acceptors (Lipinski definition) is 3. The number of carbonyl (C=O) groups excluding carboxylic acids is 2. The highest BCUT2D eigenvalue weighted by Crippen LogP contribution is 2.10. The number of nitrogens with one attached hydrogen (secondary N) is 2. The average molecular weight is 386 g/mol. The maximum absolute atomic E-state index is 13.4. The molecule has 0 aliphatic carbocycles. The highest BCUT2D eigenvalue weighted by Gasteiger charge is 2.26. The van der Waals surface area contributed by atoms with Gasteiger partial charge >= 0.3 is 5.97 Å². The Balaban J connectivity index is 2.14. The van der Waals surface area contributed by atoms with Crippen molar-refractivity contribution in [3.8, 4) is 0 Å². The zero-order chi connectivity index (χ0) is 20.7. The Hall–Kier alpha value is -3.22. The smallest absolute Gasteiger partial charge is 0.326 e. The highest BCUT2D eigenvalue weighted by molar-refractivity contribution is 5.90. The van der Waals surface area contributed by atoms with Gasteiger partial charge in [-0.2, -0.15) is 0 Å². The Labute approximate surface area is 162 Å². The fourth-order valence-corrected chi connectivity index (χ4v) is 2.90. The lowest BCUT2D eigenvalue weighted by Crippen LogP contribution is -2.52. The number of aliphatic carboxylic acids is 1. The molecule has 28 heavy (non-hydrogen) atoms. The van der Waals surface area contributed by atoms with E-state index in [1.54, 1.807) is 12.1 Å². The van der Waals surface area contributed by atoms with Crippen LogP contribution >= 0.6 is 0 Å². The van der Waals surface area contributed by atoms with E-state index < -0.39 is 35.7 Å². The molecule has 3 N–H and O–H groups in total. The van der Waals surface area contributed by atoms with Crippen molar-refractivity contribution in [3.63, 3.8) is 0 Å². The summed E-state index contributed by atoms with van der Waals surface area (Å²) in [5.41, 5.74) is 2.27. The molecule has 0 heterocycles. The first kappa shape index (κ1) is 21.1. The molecular weight excluding hydrogens is 363 g/mol. The summed E-state index contributed by atoms with van der Waals surface area (Å²) in [7, 11) is 0. The molecule has 2 aromatic rings. The van der Waals surface area contributed by atoms with Crippen LogP contribution in [0.3, 0.4) is 0 Å². The Bertz CT molecular complexity index is 869. The predicted molar refractivity (Wildman–Crippen MR) is 102 cm³/mol. The van der Waals surface area contributed by atoms with Gasteiger partial charge in [0.15, 0.2) is 0 Å². The van der Waals surface area contributed by atoms with E-state index in [1.807, 2.05) is 25.1 Å². The van der Waals surface area contributed by atoms with Crippen LogP contribution in [0.5, 0.6) is 0 Å². The summed E-state index contributed by atoms with van der Waals surface area (Å²) in [4.78, 5) is 35.8. The number of amides is 2. The molecule has 2 aromatic carbocycles. The molecule has 0 saturated carbocycles. The third-order valence-electron chi connectivity index (χ3n) is 4.16. The lowest BCUT2D eigenvalue weighted by atomic mass is 10.0. The summed E-state index contributed by atoms with van der Waals surface area (Å²) in [5, 5.41) is 14.5. The van der Waals surface area contributed by atoms with Gasteiger partial charge in [-0.25, -0.2) is 9.18 Å². The van der Waals surface area contributed by atoms with Crippen molar-refractivity contribution in [2.75, 3.05) is 0 Å². The second-order valence-electron chi connectivity index (χ2n) is 6.68. The Kier molecular flexibility index (Phi) is 7.26. The van der Waals surface area contributed by atoms with Gasteiger partial charge < -0.3 is 15.7 Å². The second-order valence-corrected chi connectivity index (χ2v) is 6.68. The monoisotopic (exact) mass is 386 g/mol. The summed E-state index contributed by atoms with van der Waals surface area (Å²) in [6, 6.07) is 10.9. The van der Waals surface area contributed by atoms with E-state index in [4.69, 9.17) is 0 Å². The van der Waals surface area contributed by atoms with Crippen LogP contribution in [0.2, 0.25) is 0 Å². The molecule has 0 aliphatic heterocycles. The summed E-state index contributed by atoms with van der Waals surface area (Å²) >= 11 is 0. The number of carboxylic acid groups (broad SMARTS) is 1. The highest BCUT2D eigenvalue weighted by atomic mass is 19.1. The average Bonchev–Trinajstić information content (AvgIpc) is 2.60. The van der Waals surface area contributed by atoms with Gasteiger partial charge in [-0.15, -0.1) is 0 Å². The first-order chi connectivity index (χ1) is 13.2. The van der Waals surface area contributed by atoms with Gasteiger partial charge in [0.2, 0.25) is 11.8 Å². The van der Waals surface area contributed by atoms with Gasteiger partial charge in [0.05, 0.1) is 0 Å². The topological polar surface area (TPSA) is 95.5 Å². The molecule has 2 amide bonds. The van der Waals surface area contributed by atoms with Crippen LogP contribution in [0.25, 0.3) is 0 Å². The van der Waals surface area contributed by atoms with Crippen molar-refractivity contribution in [2.24, 2.45) is 0 Å². The standard InChI is InChI=1S/C21H23FN2O4/c1-13-5-3-6-15(9-13)12-19(21(27)28)24-20(26)18(23-14(2)25)11-16-7-4-8-17(22)10-16/h3-10,18-19H,11-12H2,1-2H3,(H,23,25)(H,24,26)(H,27,28)/t18-,19-/m0/s1. The zero-order valence-corrected chi connectivity index (χ0v) is 15.7. The third-order valence-corrected chi connectivity index (χ3v) is 4.16. The number of benzene rings is 2. The van der Waals surface area contributed by atoms with Crippen LogP contribution in [-0.4, -0.2) is 35.0 Å². The molecule has 0 bridgehead atoms. The summed E-state index contributed by atoms with van der Waals surface area (Å²) in [6.45, 7) is 3.15. The number of carbonyl (C=O) groups is 3. The quantitative estimate of drug-likeness (QED) is 0.647. The summed E-state index contributed by atoms with van der Waals surface area (Å²) < 4.78 is 13.4. The Morgan fingerprint density at radius 1 is 0.964 bits per heavy atom. The van der Waals surface area contributed by atoms with E-state index >= 15 is 0 Å². The first-order valence-electron chi connectivity index (χ1n) is 8.85. The van der Waals surface area contributed by atoms with E-state index in [9.17, 15) is 23.9 Å². The minimum Gasteiger partial charge on any atom is -0.480 e. The van der Waals surface area contributed by atoms with Gasteiger partial charge in [-0.3, -0.25) is 9.59 Å². The normalized spacial score (nSPS) is 12.7. The number of hydrogen-bond donors (Lipinski definition) is 3. The van der Waals surface area contributed by atoms with Crippen molar-refractivity contribution in [1.29, 1.82) is 0 Å². The molecule has 0 radical (unpaired) electrons. The van der Waals surface area contributed by atoms with Crippen molar-refractivity contribution in [2.45, 2.75) is 38.8 Å². The minimum absolute atomic E-state index is 0.0416. The maximum atomic E-state index is 13.4. The number of carboxylic acids is 1. The van der Waals surface area contributed by atoms with E-state index in [0.29, 0.717) is 5.56 Å². The van der Waals surface area contributed by atoms with Gasteiger partial charge in [0.25, 0.3) is 0 Å².